The van der Waals surface area contributed by atoms with E-state index in [1.165, 1.54) is 24.3 Å². The summed E-state index contributed by atoms with van der Waals surface area (Å²) in [4.78, 5) is 1.73. The van der Waals surface area contributed by atoms with Gasteiger partial charge in [-0.1, -0.05) is 0 Å². The molecule has 0 aliphatic carbocycles. The fourth-order valence-corrected chi connectivity index (χ4v) is 3.15. The highest BCUT2D eigenvalue weighted by Gasteiger charge is 2.17. The average Bonchev–Trinajstić information content (AvgIpc) is 3.03. The molecule has 1 heterocycles. The Morgan fingerprint density at radius 2 is 1.74 bits per heavy atom. The molecular weight excluding hydrogens is 322 g/mol. The molecule has 0 saturated carbocycles. The topological polar surface area (TPSA) is 49.4 Å². The predicted molar refractivity (Wildman–Crippen MR) is 86.1 cm³/mol. The lowest BCUT2D eigenvalue weighted by Gasteiger charge is -2.22. The van der Waals surface area contributed by atoms with E-state index >= 15 is 0 Å². The zero-order valence-electron chi connectivity index (χ0n) is 12.3. The second-order valence-corrected chi connectivity index (χ2v) is 6.40. The van der Waals surface area contributed by atoms with Crippen molar-refractivity contribution in [3.63, 3.8) is 0 Å². The van der Waals surface area contributed by atoms with Crippen LogP contribution in [0.4, 0.5) is 25.8 Å². The first-order chi connectivity index (χ1) is 11.0. The molecule has 23 heavy (non-hydrogen) atoms. The van der Waals surface area contributed by atoms with Crippen molar-refractivity contribution in [2.24, 2.45) is 0 Å². The molecule has 1 aliphatic rings. The quantitative estimate of drug-likeness (QED) is 0.840. The molecule has 3 rings (SSSR count). The highest BCUT2D eigenvalue weighted by Crippen LogP contribution is 2.32. The second-order valence-electron chi connectivity index (χ2n) is 5.40. The predicted octanol–water partition coefficient (Wildman–Crippen LogP) is 3.28. The van der Waals surface area contributed by atoms with Gasteiger partial charge in [0.15, 0.2) is 10.7 Å². The van der Waals surface area contributed by atoms with Crippen LogP contribution in [-0.4, -0.2) is 21.5 Å². The summed E-state index contributed by atoms with van der Waals surface area (Å²) >= 11 is 0. The molecule has 122 valence electrons. The summed E-state index contributed by atoms with van der Waals surface area (Å²) in [6, 6.07) is 8.21. The highest BCUT2D eigenvalue weighted by atomic mass is 32.2. The summed E-state index contributed by atoms with van der Waals surface area (Å²) in [6.45, 7) is 1.70. The molecule has 0 aromatic heterocycles. The monoisotopic (exact) mass is 338 g/mol. The molecule has 0 atom stereocenters. The fourth-order valence-electron chi connectivity index (χ4n) is 2.72. The maximum absolute atomic E-state index is 13.8. The first kappa shape index (κ1) is 15.7. The van der Waals surface area contributed by atoms with E-state index in [0.29, 0.717) is 11.4 Å². The Kier molecular flexibility index (Phi) is 4.47. The third kappa shape index (κ3) is 3.44. The van der Waals surface area contributed by atoms with E-state index in [1.807, 2.05) is 0 Å². The van der Waals surface area contributed by atoms with Crippen LogP contribution in [0, 0.1) is 11.6 Å². The maximum Gasteiger partial charge on any atom is 0.171 e. The Balaban J connectivity index is 1.92. The zero-order valence-corrected chi connectivity index (χ0v) is 13.2. The first-order valence-electron chi connectivity index (χ1n) is 7.30. The van der Waals surface area contributed by atoms with Crippen molar-refractivity contribution in [2.75, 3.05) is 23.3 Å². The Morgan fingerprint density at radius 3 is 2.39 bits per heavy atom. The Bertz CT molecular complexity index is 795. The van der Waals surface area contributed by atoms with Crippen LogP contribution in [0.25, 0.3) is 0 Å². The molecule has 0 unspecified atom stereocenters. The SMILES string of the molecule is O=[SH](=O)c1ccc(Nc2ccc(F)cc2N2CCCC2)cc1F. The average molecular weight is 338 g/mol. The second kappa shape index (κ2) is 6.54. The minimum atomic E-state index is -2.97. The Hall–Kier alpha value is -2.15. The molecule has 1 aliphatic heterocycles. The van der Waals surface area contributed by atoms with Gasteiger partial charge in [0.05, 0.1) is 16.3 Å². The molecule has 7 heteroatoms. The molecule has 0 bridgehead atoms. The molecular formula is C16H16F2N2O2S. The number of nitrogens with one attached hydrogen (secondary N) is 1. The summed E-state index contributed by atoms with van der Waals surface area (Å²) < 4.78 is 49.1. The number of hydrogen-bond donors (Lipinski definition) is 2. The Labute approximate surface area is 134 Å². The van der Waals surface area contributed by atoms with Gasteiger partial charge in [0.1, 0.15) is 11.6 Å². The lowest BCUT2D eigenvalue weighted by molar-refractivity contribution is 0.579. The van der Waals surface area contributed by atoms with Gasteiger partial charge >= 0.3 is 0 Å². The van der Waals surface area contributed by atoms with Crippen LogP contribution in [-0.2, 0) is 10.7 Å². The van der Waals surface area contributed by atoms with Crippen molar-refractivity contribution in [2.45, 2.75) is 17.7 Å². The van der Waals surface area contributed by atoms with Crippen molar-refractivity contribution in [1.29, 1.82) is 0 Å². The lowest BCUT2D eigenvalue weighted by Crippen LogP contribution is -2.19. The van der Waals surface area contributed by atoms with Crippen LogP contribution in [0.3, 0.4) is 0 Å². The van der Waals surface area contributed by atoms with Crippen LogP contribution >= 0.6 is 0 Å². The van der Waals surface area contributed by atoms with Gasteiger partial charge in [-0.15, -0.1) is 0 Å². The smallest absolute Gasteiger partial charge is 0.171 e. The number of thiol groups is 1. The third-order valence-electron chi connectivity index (χ3n) is 3.83. The van der Waals surface area contributed by atoms with Crippen LogP contribution in [0.5, 0.6) is 0 Å². The molecule has 0 amide bonds. The largest absolute Gasteiger partial charge is 0.370 e. The van der Waals surface area contributed by atoms with E-state index in [9.17, 15) is 17.2 Å². The first-order valence-corrected chi connectivity index (χ1v) is 8.48. The van der Waals surface area contributed by atoms with Gasteiger partial charge in [-0.3, -0.25) is 0 Å². The van der Waals surface area contributed by atoms with Gasteiger partial charge in [-0.05, 0) is 49.2 Å². The number of anilines is 3. The van der Waals surface area contributed by atoms with E-state index in [1.54, 1.807) is 6.07 Å². The molecule has 2 aromatic carbocycles. The third-order valence-corrected chi connectivity index (χ3v) is 4.59. The summed E-state index contributed by atoms with van der Waals surface area (Å²) in [5, 5.41) is 3.04. The molecule has 0 radical (unpaired) electrons. The van der Waals surface area contributed by atoms with Crippen LogP contribution < -0.4 is 10.2 Å². The van der Waals surface area contributed by atoms with E-state index in [2.05, 4.69) is 10.2 Å². The lowest BCUT2D eigenvalue weighted by atomic mass is 10.2. The standard InChI is InChI=1S/C16H16F2N2O2S/c17-11-3-5-14(15(9-11)20-7-1-2-8-20)19-12-4-6-16(23(21)22)13(18)10-12/h3-6,9-10,19,23H,1-2,7-8H2. The summed E-state index contributed by atoms with van der Waals surface area (Å²) in [7, 11) is -2.97. The number of benzene rings is 2. The zero-order chi connectivity index (χ0) is 16.4. The van der Waals surface area contributed by atoms with Gasteiger partial charge in [-0.25, -0.2) is 17.2 Å². The van der Waals surface area contributed by atoms with Gasteiger partial charge in [-0.2, -0.15) is 0 Å². The summed E-state index contributed by atoms with van der Waals surface area (Å²) in [5.41, 5.74) is 1.80. The summed E-state index contributed by atoms with van der Waals surface area (Å²) in [6.07, 6.45) is 2.10. The van der Waals surface area contributed by atoms with E-state index in [0.717, 1.165) is 37.7 Å². The van der Waals surface area contributed by atoms with Crippen molar-refractivity contribution in [1.82, 2.24) is 0 Å². The minimum Gasteiger partial charge on any atom is -0.370 e. The molecule has 2 aromatic rings. The number of rotatable bonds is 4. The molecule has 0 spiro atoms. The van der Waals surface area contributed by atoms with Crippen molar-refractivity contribution in [3.8, 4) is 0 Å². The fraction of sp³-hybridized carbons (Fsp3) is 0.250. The van der Waals surface area contributed by atoms with Crippen molar-refractivity contribution < 1.29 is 17.2 Å². The van der Waals surface area contributed by atoms with Crippen LogP contribution in [0.1, 0.15) is 12.8 Å². The van der Waals surface area contributed by atoms with E-state index < -0.39 is 16.5 Å². The summed E-state index contributed by atoms with van der Waals surface area (Å²) in [5.74, 6) is -1.14. The molecule has 4 nitrogen and oxygen atoms in total. The van der Waals surface area contributed by atoms with Gasteiger partial charge in [0.2, 0.25) is 0 Å². The van der Waals surface area contributed by atoms with Crippen LogP contribution in [0.2, 0.25) is 0 Å². The van der Waals surface area contributed by atoms with Crippen molar-refractivity contribution >= 4 is 27.8 Å². The molecule has 1 saturated heterocycles. The minimum absolute atomic E-state index is 0.331. The van der Waals surface area contributed by atoms with Gasteiger partial charge < -0.3 is 10.2 Å². The van der Waals surface area contributed by atoms with Gasteiger partial charge in [0.25, 0.3) is 0 Å². The Morgan fingerprint density at radius 1 is 1.00 bits per heavy atom. The van der Waals surface area contributed by atoms with Gasteiger partial charge in [0, 0.05) is 18.8 Å². The number of hydrogen-bond acceptors (Lipinski definition) is 4. The van der Waals surface area contributed by atoms with Crippen molar-refractivity contribution in [3.05, 3.63) is 48.0 Å². The van der Waals surface area contributed by atoms with E-state index in [4.69, 9.17) is 0 Å². The van der Waals surface area contributed by atoms with E-state index in [-0.39, 0.29) is 10.7 Å². The molecule has 1 fully saturated rings. The number of halogens is 2. The normalized spacial score (nSPS) is 14.5. The van der Waals surface area contributed by atoms with Crippen LogP contribution in [0.15, 0.2) is 41.3 Å². The maximum atomic E-state index is 13.8. The molecule has 1 N–H and O–H groups in total. The number of nitrogens with zero attached hydrogens (tertiary/aromatic N) is 1. The highest BCUT2D eigenvalue weighted by molar-refractivity contribution is 7.72.